The molecule has 0 atom stereocenters. The zero-order chi connectivity index (χ0) is 9.42. The van der Waals surface area contributed by atoms with Gasteiger partial charge >= 0.3 is 41.4 Å². The second-order valence-electron chi connectivity index (χ2n) is 2.80. The van der Waals surface area contributed by atoms with E-state index in [1.165, 1.54) is 0 Å². The topological polar surface area (TPSA) is 63.3 Å². The van der Waals surface area contributed by atoms with Crippen LogP contribution in [-0.2, 0) is 0 Å². The molecule has 0 unspecified atom stereocenters. The molecule has 1 aromatic carbocycles. The van der Waals surface area contributed by atoms with Gasteiger partial charge < -0.3 is 11.0 Å². The first-order valence-corrected chi connectivity index (χ1v) is 3.77. The van der Waals surface area contributed by atoms with Crippen molar-refractivity contribution in [3.8, 4) is 0 Å². The number of oxazole rings is 1. The van der Waals surface area contributed by atoms with Gasteiger partial charge in [-0.25, -0.2) is 9.78 Å². The van der Waals surface area contributed by atoms with Crippen molar-refractivity contribution in [1.29, 1.82) is 0 Å². The maximum Gasteiger partial charge on any atom is 1.00 e. The number of carboxylic acids is 1. The summed E-state index contributed by atoms with van der Waals surface area (Å²) in [6, 6.07) is 5.34. The quantitative estimate of drug-likeness (QED) is 0.598. The van der Waals surface area contributed by atoms with E-state index in [1.54, 1.807) is 12.1 Å². The van der Waals surface area contributed by atoms with Crippen LogP contribution < -0.4 is 29.6 Å². The normalized spacial score (nSPS) is 9.79. The first-order chi connectivity index (χ1) is 6.16. The van der Waals surface area contributed by atoms with Crippen LogP contribution in [0.5, 0.6) is 0 Å². The van der Waals surface area contributed by atoms with Gasteiger partial charge in [0, 0.05) is 0 Å². The van der Waals surface area contributed by atoms with E-state index in [-0.39, 0.29) is 36.9 Å². The number of fused-ring (bicyclic) bond motifs is 1. The summed E-state index contributed by atoms with van der Waals surface area (Å²) in [5.74, 6) is -1.41. The Morgan fingerprint density at radius 2 is 2.29 bits per heavy atom. The molecule has 0 aliphatic heterocycles. The van der Waals surface area contributed by atoms with E-state index in [0.29, 0.717) is 11.1 Å². The van der Waals surface area contributed by atoms with E-state index < -0.39 is 5.97 Å². The van der Waals surface area contributed by atoms with Crippen molar-refractivity contribution in [1.82, 2.24) is 4.98 Å². The monoisotopic (exact) mass is 201 g/mol. The van der Waals surface area contributed by atoms with Crippen LogP contribution in [-0.4, -0.2) is 16.1 Å². The van der Waals surface area contributed by atoms with E-state index in [1.807, 2.05) is 13.0 Å². The van der Waals surface area contributed by atoms with Crippen LogP contribution in [0.3, 0.4) is 0 Å². The van der Waals surface area contributed by atoms with Gasteiger partial charge in [0.05, 0.1) is 0 Å². The molecule has 0 fully saturated rings. The molecule has 1 heterocycles. The molecule has 0 saturated heterocycles. The molecule has 1 aromatic heterocycles. The van der Waals surface area contributed by atoms with Crippen molar-refractivity contribution in [3.63, 3.8) is 0 Å². The second-order valence-corrected chi connectivity index (χ2v) is 2.80. The zero-order valence-corrected chi connectivity index (χ0v) is 9.94. The molecule has 1 N–H and O–H groups in total. The summed E-state index contributed by atoms with van der Waals surface area (Å²) in [4.78, 5) is 14.3. The van der Waals surface area contributed by atoms with Crippen molar-refractivity contribution < 1.29 is 45.3 Å². The number of aromatic nitrogens is 1. The summed E-state index contributed by atoms with van der Waals surface area (Å²) in [6.45, 7) is 1.91. The molecule has 0 amide bonds. The largest absolute Gasteiger partial charge is 1.00 e. The minimum atomic E-state index is -1.14. The predicted molar refractivity (Wildman–Crippen MR) is 46.8 cm³/mol. The van der Waals surface area contributed by atoms with Crippen molar-refractivity contribution in [2.75, 3.05) is 0 Å². The molecule has 4 nitrogen and oxygen atoms in total. The summed E-state index contributed by atoms with van der Waals surface area (Å²) in [5, 5.41) is 8.60. The molecular weight excluding hydrogens is 193 g/mol. The van der Waals surface area contributed by atoms with Crippen LogP contribution in [0, 0.1) is 6.92 Å². The molecule has 0 aliphatic carbocycles. The Morgan fingerprint density at radius 1 is 1.57 bits per heavy atom. The minimum absolute atomic E-state index is 0. The maximum atomic E-state index is 10.5. The number of carboxylic acid groups (broad SMARTS) is 1. The van der Waals surface area contributed by atoms with Gasteiger partial charge in [0.1, 0.15) is 5.52 Å². The number of aromatic carboxylic acids is 1. The standard InChI is InChI=1S/C9H7NO3.Na.H/c1-5-2-3-7-6(4-5)10-8(13-7)9(11)12;;/h2-4H,1H3,(H,11,12);;/q;+1;-1. The maximum absolute atomic E-state index is 10.5. The molecule has 0 spiro atoms. The molecule has 5 heteroatoms. The first-order valence-electron chi connectivity index (χ1n) is 3.77. The van der Waals surface area contributed by atoms with Gasteiger partial charge in [0.2, 0.25) is 0 Å². The van der Waals surface area contributed by atoms with Gasteiger partial charge in [-0.2, -0.15) is 0 Å². The predicted octanol–water partition coefficient (Wildman–Crippen LogP) is -1.05. The second kappa shape index (κ2) is 4.13. The molecule has 0 aliphatic rings. The van der Waals surface area contributed by atoms with E-state index in [9.17, 15) is 4.79 Å². The Hall–Kier alpha value is -0.840. The summed E-state index contributed by atoms with van der Waals surface area (Å²) in [7, 11) is 0. The van der Waals surface area contributed by atoms with Gasteiger partial charge in [0.15, 0.2) is 5.58 Å². The fourth-order valence-electron chi connectivity index (χ4n) is 1.13. The van der Waals surface area contributed by atoms with Gasteiger partial charge in [-0.1, -0.05) is 6.07 Å². The zero-order valence-electron chi connectivity index (χ0n) is 8.94. The van der Waals surface area contributed by atoms with Gasteiger partial charge in [-0.15, -0.1) is 0 Å². The van der Waals surface area contributed by atoms with Crippen molar-refractivity contribution in [2.45, 2.75) is 6.92 Å². The number of hydrogen-bond acceptors (Lipinski definition) is 3. The SMILES string of the molecule is Cc1ccc2oc(C(=O)O)nc2c1.[H-].[Na+]. The van der Waals surface area contributed by atoms with Crippen molar-refractivity contribution in [3.05, 3.63) is 29.7 Å². The molecule has 0 radical (unpaired) electrons. The van der Waals surface area contributed by atoms with Crippen LogP contribution in [0.1, 0.15) is 17.7 Å². The molecule has 0 bridgehead atoms. The van der Waals surface area contributed by atoms with Crippen molar-refractivity contribution >= 4 is 17.1 Å². The number of rotatable bonds is 1. The third kappa shape index (κ3) is 1.97. The molecule has 2 aromatic rings. The number of carbonyl (C=O) groups is 1. The fourth-order valence-corrected chi connectivity index (χ4v) is 1.13. The average molecular weight is 201 g/mol. The molecule has 14 heavy (non-hydrogen) atoms. The Morgan fingerprint density at radius 3 is 2.93 bits per heavy atom. The van der Waals surface area contributed by atoms with Crippen LogP contribution in [0.25, 0.3) is 11.1 Å². The first kappa shape index (κ1) is 11.2. The third-order valence-corrected chi connectivity index (χ3v) is 1.73. The van der Waals surface area contributed by atoms with E-state index >= 15 is 0 Å². The number of nitrogens with zero attached hydrogens (tertiary/aromatic N) is 1. The molecule has 2 rings (SSSR count). The van der Waals surface area contributed by atoms with Crippen LogP contribution in [0.4, 0.5) is 0 Å². The minimum Gasteiger partial charge on any atom is -1.00 e. The van der Waals surface area contributed by atoms with Gasteiger partial charge in [-0.3, -0.25) is 0 Å². The van der Waals surface area contributed by atoms with Crippen LogP contribution >= 0.6 is 0 Å². The smallest absolute Gasteiger partial charge is 1.00 e. The fraction of sp³-hybridized carbons (Fsp3) is 0.111. The number of aryl methyl sites for hydroxylation is 1. The summed E-state index contributed by atoms with van der Waals surface area (Å²) < 4.78 is 4.97. The van der Waals surface area contributed by atoms with E-state index in [4.69, 9.17) is 9.52 Å². The molecule has 68 valence electrons. The summed E-state index contributed by atoms with van der Waals surface area (Å²) >= 11 is 0. The Bertz CT molecular complexity index is 483. The van der Waals surface area contributed by atoms with Crippen LogP contribution in [0.15, 0.2) is 22.6 Å². The van der Waals surface area contributed by atoms with Gasteiger partial charge in [-0.05, 0) is 24.6 Å². The van der Waals surface area contributed by atoms with E-state index in [2.05, 4.69) is 4.98 Å². The summed E-state index contributed by atoms with van der Waals surface area (Å²) in [5.41, 5.74) is 2.11. The van der Waals surface area contributed by atoms with Gasteiger partial charge in [0.25, 0.3) is 0 Å². The number of benzene rings is 1. The third-order valence-electron chi connectivity index (χ3n) is 1.73. The Balaban J connectivity index is 0.000000980. The average Bonchev–Trinajstić information content (AvgIpc) is 2.46. The van der Waals surface area contributed by atoms with Crippen molar-refractivity contribution in [2.24, 2.45) is 0 Å². The van der Waals surface area contributed by atoms with Crippen LogP contribution in [0.2, 0.25) is 0 Å². The summed E-state index contributed by atoms with van der Waals surface area (Å²) in [6.07, 6.45) is 0. The molecular formula is C9H8NNaO3. The van der Waals surface area contributed by atoms with E-state index in [0.717, 1.165) is 5.56 Å². The Labute approximate surface area is 104 Å². The molecule has 0 saturated carbocycles. The Kier molecular flexibility index (Phi) is 3.31. The number of hydrogen-bond donors (Lipinski definition) is 1.